The summed E-state index contributed by atoms with van der Waals surface area (Å²) in [5, 5.41) is 96.5. The quantitative estimate of drug-likeness (QED) is 0.236. The molecule has 0 unspecified atom stereocenters. The first-order valence-electron chi connectivity index (χ1n) is 8.51. The molecule has 0 bridgehead atoms. The highest BCUT2D eigenvalue weighted by Crippen LogP contribution is 2.56. The van der Waals surface area contributed by atoms with E-state index >= 15 is 0 Å². The molecule has 0 fully saturated rings. The van der Waals surface area contributed by atoms with Gasteiger partial charge >= 0.3 is 39.8 Å². The first-order chi connectivity index (χ1) is 17.5. The molecule has 26 nitrogen and oxygen atoms in total. The number of non-ortho nitro benzene ring substituents is 1. The van der Waals surface area contributed by atoms with Crippen LogP contribution in [-0.4, -0.2) is 39.4 Å². The van der Waals surface area contributed by atoms with Gasteiger partial charge in [-0.2, -0.15) is 0 Å². The normalized spacial score (nSPS) is 10.6. The summed E-state index contributed by atoms with van der Waals surface area (Å²) in [5.74, 6) is 0. The summed E-state index contributed by atoms with van der Waals surface area (Å²) in [4.78, 5) is 77.2. The maximum atomic E-state index is 11.6. The molecule has 0 aliphatic heterocycles. The second-order valence-electron chi connectivity index (χ2n) is 6.18. The maximum absolute atomic E-state index is 11.6. The van der Waals surface area contributed by atoms with Crippen LogP contribution in [0, 0.1) is 80.9 Å². The molecular formula is C12H2N10O16. The standard InChI is InChI=1S/C12H2N10O16/c23-15(24)3-1-4(16(25)26)6(5(2-3)17(27)28)13-14-7-8(18(29)30)10(20(33)34)12(22(37)38)11(21(35)36)9(7)19(31)32/h1-2H. The highest BCUT2D eigenvalue weighted by Gasteiger charge is 2.55. The number of azo groups is 1. The van der Waals surface area contributed by atoms with Gasteiger partial charge in [0.1, 0.15) is 0 Å². The molecule has 0 radical (unpaired) electrons. The van der Waals surface area contributed by atoms with E-state index in [4.69, 9.17) is 0 Å². The molecule has 0 heterocycles. The monoisotopic (exact) mass is 542 g/mol. The van der Waals surface area contributed by atoms with Gasteiger partial charge in [-0.25, -0.2) is 0 Å². The number of nitro groups is 8. The third-order valence-corrected chi connectivity index (χ3v) is 4.17. The fourth-order valence-corrected chi connectivity index (χ4v) is 2.81. The van der Waals surface area contributed by atoms with E-state index in [2.05, 4.69) is 10.2 Å². The van der Waals surface area contributed by atoms with Crippen LogP contribution in [0.4, 0.5) is 56.9 Å². The molecule has 0 aliphatic carbocycles. The summed E-state index contributed by atoms with van der Waals surface area (Å²) >= 11 is 0. The predicted molar refractivity (Wildman–Crippen MR) is 110 cm³/mol. The molecular weight excluding hydrogens is 540 g/mol. The molecule has 196 valence electrons. The highest BCUT2D eigenvalue weighted by molar-refractivity contribution is 5.93. The Morgan fingerprint density at radius 2 is 0.684 bits per heavy atom. The minimum Gasteiger partial charge on any atom is -0.258 e. The second kappa shape index (κ2) is 9.85. The first kappa shape index (κ1) is 27.5. The van der Waals surface area contributed by atoms with Crippen LogP contribution in [0.1, 0.15) is 0 Å². The van der Waals surface area contributed by atoms with E-state index in [0.717, 1.165) is 0 Å². The van der Waals surface area contributed by atoms with Gasteiger partial charge in [0.25, 0.3) is 11.4 Å². The van der Waals surface area contributed by atoms with Crippen molar-refractivity contribution in [1.82, 2.24) is 0 Å². The van der Waals surface area contributed by atoms with Crippen LogP contribution < -0.4 is 0 Å². The van der Waals surface area contributed by atoms with Crippen LogP contribution in [0.3, 0.4) is 0 Å². The third kappa shape index (κ3) is 4.73. The van der Waals surface area contributed by atoms with E-state index in [0.29, 0.717) is 0 Å². The average Bonchev–Trinajstić information content (AvgIpc) is 2.79. The van der Waals surface area contributed by atoms with Gasteiger partial charge in [0, 0.05) is 0 Å². The maximum Gasteiger partial charge on any atom is 0.437 e. The number of nitro benzene ring substituents is 8. The SMILES string of the molecule is O=[N+]([O-])c1cc([N+](=O)[O-])c(N=Nc2c([N+](=O)[O-])c([N+](=O)[O-])c([N+](=O)[O-])c([N+](=O)[O-])c2[N+](=O)[O-])c([N+](=O)[O-])c1. The van der Waals surface area contributed by atoms with Crippen molar-refractivity contribution in [2.75, 3.05) is 0 Å². The van der Waals surface area contributed by atoms with E-state index in [9.17, 15) is 80.9 Å². The van der Waals surface area contributed by atoms with Crippen molar-refractivity contribution < 1.29 is 39.4 Å². The van der Waals surface area contributed by atoms with Crippen LogP contribution in [0.5, 0.6) is 0 Å². The Hall–Kier alpha value is -6.76. The minimum absolute atomic E-state index is 0.102. The zero-order valence-electron chi connectivity index (χ0n) is 17.2. The van der Waals surface area contributed by atoms with Gasteiger partial charge in [-0.3, -0.25) is 80.9 Å². The summed E-state index contributed by atoms with van der Waals surface area (Å²) in [6.07, 6.45) is 0. The van der Waals surface area contributed by atoms with Gasteiger partial charge in [0.15, 0.2) is 0 Å². The largest absolute Gasteiger partial charge is 0.437 e. The fourth-order valence-electron chi connectivity index (χ4n) is 2.81. The van der Waals surface area contributed by atoms with Crippen molar-refractivity contribution in [3.8, 4) is 0 Å². The van der Waals surface area contributed by atoms with Crippen LogP contribution in [0.15, 0.2) is 22.4 Å². The Balaban J connectivity index is 3.23. The smallest absolute Gasteiger partial charge is 0.258 e. The molecule has 2 rings (SSSR count). The molecule has 0 N–H and O–H groups in total. The third-order valence-electron chi connectivity index (χ3n) is 4.17. The summed E-state index contributed by atoms with van der Waals surface area (Å²) in [6.45, 7) is 0. The Labute approximate surface area is 200 Å². The summed E-state index contributed by atoms with van der Waals surface area (Å²) < 4.78 is 0. The topological polar surface area (TPSA) is 370 Å². The Kier molecular flexibility index (Phi) is 7.12. The van der Waals surface area contributed by atoms with Crippen molar-refractivity contribution in [3.05, 3.63) is 93.0 Å². The molecule has 0 aromatic heterocycles. The van der Waals surface area contributed by atoms with E-state index < -0.39 is 96.3 Å². The van der Waals surface area contributed by atoms with Crippen molar-refractivity contribution >= 4 is 56.9 Å². The highest BCUT2D eigenvalue weighted by atomic mass is 16.7. The summed E-state index contributed by atoms with van der Waals surface area (Å²) in [5.41, 5.74) is -19.2. The molecule has 0 saturated carbocycles. The van der Waals surface area contributed by atoms with E-state index in [1.54, 1.807) is 0 Å². The van der Waals surface area contributed by atoms with Crippen LogP contribution in [-0.2, 0) is 0 Å². The molecule has 26 heteroatoms. The van der Waals surface area contributed by atoms with Crippen molar-refractivity contribution in [2.45, 2.75) is 0 Å². The van der Waals surface area contributed by atoms with Gasteiger partial charge in [-0.05, 0) is 0 Å². The van der Waals surface area contributed by atoms with Gasteiger partial charge in [0.05, 0.1) is 51.5 Å². The fraction of sp³-hybridized carbons (Fsp3) is 0. The number of hydrogen-bond acceptors (Lipinski definition) is 18. The summed E-state index contributed by atoms with van der Waals surface area (Å²) in [7, 11) is 0. The molecule has 2 aromatic carbocycles. The van der Waals surface area contributed by atoms with E-state index in [1.165, 1.54) is 0 Å². The van der Waals surface area contributed by atoms with E-state index in [-0.39, 0.29) is 12.1 Å². The lowest BCUT2D eigenvalue weighted by Gasteiger charge is -2.03. The first-order valence-corrected chi connectivity index (χ1v) is 8.51. The van der Waals surface area contributed by atoms with Crippen LogP contribution in [0.2, 0.25) is 0 Å². The van der Waals surface area contributed by atoms with Gasteiger partial charge in [-0.1, -0.05) is 0 Å². The zero-order chi connectivity index (χ0) is 29.2. The molecule has 2 aromatic rings. The number of hydrogen-bond donors (Lipinski definition) is 0. The van der Waals surface area contributed by atoms with Crippen molar-refractivity contribution in [3.63, 3.8) is 0 Å². The molecule has 0 saturated heterocycles. The number of benzene rings is 2. The molecule has 0 spiro atoms. The molecule has 0 atom stereocenters. The lowest BCUT2D eigenvalue weighted by atomic mass is 10.1. The van der Waals surface area contributed by atoms with Gasteiger partial charge < -0.3 is 0 Å². The lowest BCUT2D eigenvalue weighted by Crippen LogP contribution is -2.08. The molecule has 38 heavy (non-hydrogen) atoms. The number of nitrogens with zero attached hydrogens (tertiary/aromatic N) is 10. The Morgan fingerprint density at radius 1 is 0.395 bits per heavy atom. The second-order valence-corrected chi connectivity index (χ2v) is 6.18. The van der Waals surface area contributed by atoms with Crippen molar-refractivity contribution in [2.24, 2.45) is 10.2 Å². The van der Waals surface area contributed by atoms with Gasteiger partial charge in [-0.15, -0.1) is 10.2 Å². The van der Waals surface area contributed by atoms with Gasteiger partial charge in [0.2, 0.25) is 5.69 Å². The molecule has 0 amide bonds. The van der Waals surface area contributed by atoms with Crippen LogP contribution >= 0.6 is 0 Å². The van der Waals surface area contributed by atoms with Crippen LogP contribution in [0.25, 0.3) is 0 Å². The zero-order valence-corrected chi connectivity index (χ0v) is 17.2. The summed E-state index contributed by atoms with van der Waals surface area (Å²) in [6, 6.07) is 0.204. The van der Waals surface area contributed by atoms with Crippen molar-refractivity contribution in [1.29, 1.82) is 0 Å². The number of rotatable bonds is 10. The average molecular weight is 542 g/mol. The Morgan fingerprint density at radius 3 is 0.947 bits per heavy atom. The lowest BCUT2D eigenvalue weighted by molar-refractivity contribution is -0.459. The predicted octanol–water partition coefficient (Wildman–Crippen LogP) is 3.37. The minimum atomic E-state index is -2.30. The van der Waals surface area contributed by atoms with E-state index in [1.807, 2.05) is 0 Å². The molecule has 0 aliphatic rings. The Bertz CT molecular complexity index is 1460.